The summed E-state index contributed by atoms with van der Waals surface area (Å²) in [6.07, 6.45) is 8.34. The van der Waals surface area contributed by atoms with Gasteiger partial charge in [-0.2, -0.15) is 5.26 Å². The summed E-state index contributed by atoms with van der Waals surface area (Å²) >= 11 is 0. The van der Waals surface area contributed by atoms with Crippen LogP contribution in [0.5, 0.6) is 0 Å². The van der Waals surface area contributed by atoms with Crippen LogP contribution in [0, 0.1) is 29.0 Å². The molecule has 3 atom stereocenters. The first-order chi connectivity index (χ1) is 18.1. The van der Waals surface area contributed by atoms with Gasteiger partial charge in [-0.15, -0.1) is 0 Å². The van der Waals surface area contributed by atoms with Gasteiger partial charge in [-0.3, -0.25) is 15.0 Å². The number of nitriles is 1. The molecular formula is C29H34FN5O3. The average Bonchev–Trinajstić information content (AvgIpc) is 3.55. The molecule has 3 aliphatic heterocycles. The zero-order valence-electron chi connectivity index (χ0n) is 22.2. The molecule has 3 unspecified atom stereocenters. The number of cyclic esters (lactones) is 1. The number of benzene rings is 1. The van der Waals surface area contributed by atoms with E-state index in [1.165, 1.54) is 6.07 Å². The van der Waals surface area contributed by atoms with Crippen molar-refractivity contribution in [1.82, 2.24) is 10.4 Å². The smallest absolute Gasteiger partial charge is 0.317 e. The van der Waals surface area contributed by atoms with Crippen molar-refractivity contribution in [3.8, 4) is 6.07 Å². The van der Waals surface area contributed by atoms with E-state index >= 15 is 0 Å². The normalized spacial score (nSPS) is 27.4. The van der Waals surface area contributed by atoms with Gasteiger partial charge in [0, 0.05) is 30.8 Å². The molecule has 1 saturated heterocycles. The third-order valence-corrected chi connectivity index (χ3v) is 8.30. The number of fused-ring (bicyclic) bond motifs is 1. The molecule has 8 nitrogen and oxygen atoms in total. The van der Waals surface area contributed by atoms with Crippen LogP contribution in [0.3, 0.4) is 0 Å². The van der Waals surface area contributed by atoms with Crippen molar-refractivity contribution in [2.75, 3.05) is 0 Å². The molecule has 9 heteroatoms. The quantitative estimate of drug-likeness (QED) is 0.420. The molecule has 1 aliphatic carbocycles. The molecule has 0 radical (unpaired) electrons. The number of nitrogens with one attached hydrogen (secondary N) is 1. The van der Waals surface area contributed by atoms with Crippen molar-refractivity contribution in [1.29, 1.82) is 5.26 Å². The zero-order valence-corrected chi connectivity index (χ0v) is 22.2. The highest BCUT2D eigenvalue weighted by atomic mass is 19.1. The highest BCUT2D eigenvalue weighted by molar-refractivity contribution is 6.05. The number of ether oxygens (including phenoxy) is 1. The molecule has 38 heavy (non-hydrogen) atoms. The number of amidine groups is 1. The van der Waals surface area contributed by atoms with Crippen LogP contribution in [0.1, 0.15) is 76.8 Å². The van der Waals surface area contributed by atoms with E-state index in [0.717, 1.165) is 36.8 Å². The summed E-state index contributed by atoms with van der Waals surface area (Å²) in [5.74, 6) is -1.31. The van der Waals surface area contributed by atoms with Gasteiger partial charge < -0.3 is 4.74 Å². The number of nitrogens with zero attached hydrogens (tertiary/aromatic N) is 4. The minimum atomic E-state index is -0.928. The minimum absolute atomic E-state index is 0.108. The number of aliphatic imine (C=N–C) groups is 2. The number of hydrazine groups is 1. The molecule has 2 fully saturated rings. The first-order valence-corrected chi connectivity index (χ1v) is 13.4. The fraction of sp³-hybridized carbons (Fsp3) is 0.552. The highest BCUT2D eigenvalue weighted by Gasteiger charge is 2.52. The van der Waals surface area contributed by atoms with Crippen molar-refractivity contribution < 1.29 is 18.7 Å². The second-order valence-electron chi connectivity index (χ2n) is 11.5. The van der Waals surface area contributed by atoms with Gasteiger partial charge in [0.25, 0.3) is 0 Å². The number of Topliss-reactive ketones (excluding diaryl/α,β-unsaturated/α-hetero) is 1. The van der Waals surface area contributed by atoms with E-state index < -0.39 is 35.0 Å². The Hall–Kier alpha value is -3.54. The lowest BCUT2D eigenvalue weighted by Gasteiger charge is -2.43. The molecule has 1 N–H and O–H groups in total. The third-order valence-electron chi connectivity index (χ3n) is 8.30. The fourth-order valence-electron chi connectivity index (χ4n) is 6.08. The minimum Gasteiger partial charge on any atom is -0.458 e. The van der Waals surface area contributed by atoms with E-state index in [4.69, 9.17) is 4.74 Å². The predicted molar refractivity (Wildman–Crippen MR) is 140 cm³/mol. The monoisotopic (exact) mass is 519 g/mol. The number of allylic oxidation sites excluding steroid dienone is 1. The number of carbonyl (C=O) groups excluding carboxylic acids is 2. The van der Waals surface area contributed by atoms with E-state index in [-0.39, 0.29) is 24.5 Å². The van der Waals surface area contributed by atoms with Crippen molar-refractivity contribution in [3.63, 3.8) is 0 Å². The number of halogens is 1. The summed E-state index contributed by atoms with van der Waals surface area (Å²) in [5.41, 5.74) is 3.41. The highest BCUT2D eigenvalue weighted by Crippen LogP contribution is 2.45. The molecule has 0 aromatic heterocycles. The van der Waals surface area contributed by atoms with Gasteiger partial charge in [0.05, 0.1) is 11.5 Å². The molecule has 200 valence electrons. The number of hydrogen-bond acceptors (Lipinski definition) is 8. The molecule has 5 rings (SSSR count). The van der Waals surface area contributed by atoms with Crippen molar-refractivity contribution >= 4 is 23.8 Å². The molecule has 0 spiro atoms. The average molecular weight is 520 g/mol. The molecule has 3 heterocycles. The summed E-state index contributed by atoms with van der Waals surface area (Å²) in [4.78, 5) is 35.6. The first-order valence-electron chi connectivity index (χ1n) is 13.4. The van der Waals surface area contributed by atoms with Crippen LogP contribution in [0.15, 0.2) is 40.0 Å². The molecule has 1 saturated carbocycles. The standard InChI is InChI=1S/C29H34FN5O3/c1-18-15-32-27-33-25(34-35(27)16-18)13-21-24(36)14-29(38-26(21)37,20-6-4-5-7-20)11-10-19-8-9-22(23(30)12-19)28(2,3)17-31/h8-9,12,15-16,20-21,27H,4-7,10-11,13-14H2,1-3H3,(H,33,34). The van der Waals surface area contributed by atoms with Crippen LogP contribution in [0.25, 0.3) is 0 Å². The van der Waals surface area contributed by atoms with Gasteiger partial charge in [-0.25, -0.2) is 19.4 Å². The first kappa shape index (κ1) is 26.1. The molecule has 1 aromatic carbocycles. The Morgan fingerprint density at radius 3 is 2.74 bits per heavy atom. The Balaban J connectivity index is 1.30. The lowest BCUT2D eigenvalue weighted by atomic mass is 9.73. The molecule has 4 aliphatic rings. The van der Waals surface area contributed by atoms with Gasteiger partial charge >= 0.3 is 5.97 Å². The number of esters is 1. The van der Waals surface area contributed by atoms with E-state index in [9.17, 15) is 19.2 Å². The second-order valence-corrected chi connectivity index (χ2v) is 11.5. The Labute approximate surface area is 222 Å². The van der Waals surface area contributed by atoms with Crippen molar-refractivity contribution in [3.05, 3.63) is 46.9 Å². The lowest BCUT2D eigenvalue weighted by molar-refractivity contribution is -0.185. The molecule has 0 amide bonds. The van der Waals surface area contributed by atoms with Gasteiger partial charge in [-0.1, -0.05) is 25.0 Å². The van der Waals surface area contributed by atoms with Crippen LogP contribution < -0.4 is 5.43 Å². The van der Waals surface area contributed by atoms with Crippen molar-refractivity contribution in [2.24, 2.45) is 21.8 Å². The number of aryl methyl sites for hydroxylation is 1. The Morgan fingerprint density at radius 1 is 1.29 bits per heavy atom. The zero-order chi connectivity index (χ0) is 27.1. The fourth-order valence-corrected chi connectivity index (χ4v) is 6.08. The maximum absolute atomic E-state index is 14.9. The number of hydrogen-bond donors (Lipinski definition) is 1. The van der Waals surface area contributed by atoms with E-state index in [0.29, 0.717) is 24.2 Å². The van der Waals surface area contributed by atoms with Gasteiger partial charge in [0.2, 0.25) is 6.29 Å². The van der Waals surface area contributed by atoms with E-state index in [1.54, 1.807) is 31.1 Å². The van der Waals surface area contributed by atoms with Crippen LogP contribution in [0.2, 0.25) is 0 Å². The Bertz CT molecular complexity index is 1250. The molecule has 0 bridgehead atoms. The summed E-state index contributed by atoms with van der Waals surface area (Å²) in [6.45, 7) is 5.30. The topological polar surface area (TPSA) is 107 Å². The maximum atomic E-state index is 14.9. The van der Waals surface area contributed by atoms with E-state index in [1.807, 2.05) is 19.2 Å². The van der Waals surface area contributed by atoms with Crippen molar-refractivity contribution in [2.45, 2.75) is 89.4 Å². The molecule has 1 aromatic rings. The largest absolute Gasteiger partial charge is 0.458 e. The van der Waals surface area contributed by atoms with Crippen LogP contribution >= 0.6 is 0 Å². The van der Waals surface area contributed by atoms with E-state index in [2.05, 4.69) is 21.5 Å². The summed E-state index contributed by atoms with van der Waals surface area (Å²) in [7, 11) is 0. The van der Waals surface area contributed by atoms with Gasteiger partial charge in [0.1, 0.15) is 23.2 Å². The van der Waals surface area contributed by atoms with Gasteiger partial charge in [-0.05, 0) is 69.6 Å². The van der Waals surface area contributed by atoms with Crippen LogP contribution in [-0.2, 0) is 26.2 Å². The van der Waals surface area contributed by atoms with Gasteiger partial charge in [0.15, 0.2) is 5.78 Å². The predicted octanol–water partition coefficient (Wildman–Crippen LogP) is 4.50. The number of rotatable bonds is 7. The second kappa shape index (κ2) is 9.97. The van der Waals surface area contributed by atoms with Crippen LogP contribution in [-0.4, -0.2) is 40.7 Å². The number of ketones is 1. The third kappa shape index (κ3) is 4.96. The SMILES string of the molecule is CC1=CN2NC(CC3C(=O)CC(CCc4ccc(C(C)(C)C#N)c(F)c4)(C4CCCC4)OC3=O)=NC2N=C1. The summed E-state index contributed by atoms with van der Waals surface area (Å²) in [5, 5.41) is 11.1. The maximum Gasteiger partial charge on any atom is 0.317 e. The molecular weight excluding hydrogens is 485 g/mol. The Kier molecular flexibility index (Phi) is 6.84. The lowest BCUT2D eigenvalue weighted by Crippen LogP contribution is -2.52. The number of carbonyl (C=O) groups is 2. The summed E-state index contributed by atoms with van der Waals surface area (Å²) < 4.78 is 21.1. The van der Waals surface area contributed by atoms with Crippen LogP contribution in [0.4, 0.5) is 4.39 Å². The Morgan fingerprint density at radius 2 is 2.05 bits per heavy atom. The summed E-state index contributed by atoms with van der Waals surface area (Å²) in [6, 6.07) is 7.09.